The molecule has 0 radical (unpaired) electrons. The van der Waals surface area contributed by atoms with E-state index in [2.05, 4.69) is 0 Å². The van der Waals surface area contributed by atoms with Gasteiger partial charge in [-0.3, -0.25) is 9.59 Å². The zero-order chi connectivity index (χ0) is 27.8. The van der Waals surface area contributed by atoms with Crippen LogP contribution in [0, 0.1) is 0 Å². The topological polar surface area (TPSA) is 106 Å². The number of rotatable bonds is 11. The lowest BCUT2D eigenvalue weighted by molar-refractivity contribution is -0.145. The Morgan fingerprint density at radius 2 is 1.38 bits per heavy atom. The quantitative estimate of drug-likeness (QED) is 0.356. The predicted octanol–water partition coefficient (Wildman–Crippen LogP) is 4.23. The van der Waals surface area contributed by atoms with Crippen molar-refractivity contribution in [3.63, 3.8) is 0 Å². The smallest absolute Gasteiger partial charge is 0.303 e. The van der Waals surface area contributed by atoms with Crippen molar-refractivity contribution >= 4 is 11.9 Å². The molecule has 2 unspecified atom stereocenters. The number of aliphatic hydroxyl groups is 1. The number of hydrogen-bond acceptors (Lipinski definition) is 6. The van der Waals surface area contributed by atoms with E-state index in [0.717, 1.165) is 16.7 Å². The van der Waals surface area contributed by atoms with Gasteiger partial charge in [0.2, 0.25) is 5.91 Å². The van der Waals surface area contributed by atoms with Crippen molar-refractivity contribution < 1.29 is 34.0 Å². The Balaban J connectivity index is 1.77. The van der Waals surface area contributed by atoms with E-state index < -0.39 is 23.7 Å². The van der Waals surface area contributed by atoms with Gasteiger partial charge >= 0.3 is 5.97 Å². The normalized spacial score (nSPS) is 17.5. The van der Waals surface area contributed by atoms with E-state index in [1.54, 1.807) is 19.1 Å². The zero-order valence-electron chi connectivity index (χ0n) is 22.3. The fraction of sp³-hybridized carbons (Fsp3) is 0.355. The van der Waals surface area contributed by atoms with Gasteiger partial charge in [0.25, 0.3) is 0 Å². The predicted molar refractivity (Wildman–Crippen MR) is 146 cm³/mol. The number of piperidine rings is 1. The third kappa shape index (κ3) is 6.41. The number of carboxylic acid groups (broad SMARTS) is 1. The molecule has 1 amide bonds. The Kier molecular flexibility index (Phi) is 9.22. The van der Waals surface area contributed by atoms with Gasteiger partial charge in [0, 0.05) is 13.0 Å². The van der Waals surface area contributed by atoms with Crippen LogP contribution in [-0.2, 0) is 19.9 Å². The first kappa shape index (κ1) is 28.1. The average Bonchev–Trinajstić information content (AvgIpc) is 2.97. The van der Waals surface area contributed by atoms with Crippen LogP contribution in [0.15, 0.2) is 78.9 Å². The SMILES string of the molecule is COc1ccc(C(OCC2CC(O)CCN2C(=O)CCC(=O)O)(c2ccccc2)c2ccc(OC)cc2)cc1. The summed E-state index contributed by atoms with van der Waals surface area (Å²) in [6.45, 7) is 0.472. The van der Waals surface area contributed by atoms with Gasteiger partial charge in [-0.05, 0) is 53.8 Å². The number of carboxylic acids is 1. The lowest BCUT2D eigenvalue weighted by atomic mass is 9.80. The van der Waals surface area contributed by atoms with Gasteiger partial charge in [-0.15, -0.1) is 0 Å². The Morgan fingerprint density at radius 1 is 0.846 bits per heavy atom. The van der Waals surface area contributed by atoms with E-state index in [1.807, 2.05) is 78.9 Å². The molecule has 2 atom stereocenters. The van der Waals surface area contributed by atoms with Gasteiger partial charge in [-0.2, -0.15) is 0 Å². The van der Waals surface area contributed by atoms with Crippen LogP contribution < -0.4 is 9.47 Å². The summed E-state index contributed by atoms with van der Waals surface area (Å²) in [6, 6.07) is 24.8. The molecule has 1 fully saturated rings. The van der Waals surface area contributed by atoms with Gasteiger partial charge in [0.05, 0.1) is 39.4 Å². The first-order valence-corrected chi connectivity index (χ1v) is 13.0. The summed E-state index contributed by atoms with van der Waals surface area (Å²) in [4.78, 5) is 25.7. The second-order valence-electron chi connectivity index (χ2n) is 9.63. The first-order chi connectivity index (χ1) is 18.9. The van der Waals surface area contributed by atoms with Crippen LogP contribution >= 0.6 is 0 Å². The molecule has 0 aliphatic carbocycles. The maximum Gasteiger partial charge on any atom is 0.303 e. The van der Waals surface area contributed by atoms with E-state index in [9.17, 15) is 14.7 Å². The third-order valence-corrected chi connectivity index (χ3v) is 7.23. The molecular formula is C31H35NO7. The van der Waals surface area contributed by atoms with E-state index in [1.165, 1.54) is 0 Å². The molecule has 1 saturated heterocycles. The van der Waals surface area contributed by atoms with Gasteiger partial charge in [-0.1, -0.05) is 54.6 Å². The molecule has 0 saturated carbocycles. The van der Waals surface area contributed by atoms with Crippen molar-refractivity contribution in [3.05, 3.63) is 95.6 Å². The number of carbonyl (C=O) groups is 2. The number of likely N-dealkylation sites (tertiary alicyclic amines) is 1. The molecule has 4 rings (SSSR count). The molecule has 1 aliphatic rings. The number of aliphatic carboxylic acids is 1. The minimum atomic E-state index is -1.06. The second-order valence-corrected chi connectivity index (χ2v) is 9.63. The molecule has 1 aliphatic heterocycles. The van der Waals surface area contributed by atoms with Crippen LogP contribution in [0.25, 0.3) is 0 Å². The molecule has 0 bridgehead atoms. The summed E-state index contributed by atoms with van der Waals surface area (Å²) in [6.07, 6.45) is -0.125. The van der Waals surface area contributed by atoms with Crippen molar-refractivity contribution in [2.24, 2.45) is 0 Å². The Morgan fingerprint density at radius 3 is 1.90 bits per heavy atom. The fourth-order valence-corrected chi connectivity index (χ4v) is 5.17. The molecule has 3 aromatic carbocycles. The molecule has 2 N–H and O–H groups in total. The van der Waals surface area contributed by atoms with Crippen LogP contribution in [0.4, 0.5) is 0 Å². The van der Waals surface area contributed by atoms with Crippen LogP contribution in [-0.4, -0.2) is 66.5 Å². The number of ether oxygens (including phenoxy) is 3. The highest BCUT2D eigenvalue weighted by atomic mass is 16.5. The summed E-state index contributed by atoms with van der Waals surface area (Å²) in [7, 11) is 3.23. The summed E-state index contributed by atoms with van der Waals surface area (Å²) >= 11 is 0. The Bertz CT molecular complexity index is 1180. The van der Waals surface area contributed by atoms with Crippen molar-refractivity contribution in [2.45, 2.75) is 43.4 Å². The summed E-state index contributed by atoms with van der Waals surface area (Å²) < 4.78 is 17.7. The van der Waals surface area contributed by atoms with E-state index in [0.29, 0.717) is 30.9 Å². The van der Waals surface area contributed by atoms with E-state index in [4.69, 9.17) is 19.3 Å². The number of hydrogen-bond donors (Lipinski definition) is 2. The molecular weight excluding hydrogens is 498 g/mol. The highest BCUT2D eigenvalue weighted by Gasteiger charge is 2.40. The number of benzene rings is 3. The Hall–Kier alpha value is -3.88. The van der Waals surface area contributed by atoms with Gasteiger partial charge < -0.3 is 29.3 Å². The summed E-state index contributed by atoms with van der Waals surface area (Å²) in [5.74, 6) is 0.148. The highest BCUT2D eigenvalue weighted by Crippen LogP contribution is 2.42. The summed E-state index contributed by atoms with van der Waals surface area (Å²) in [5.41, 5.74) is 1.55. The number of carbonyl (C=O) groups excluding carboxylic acids is 1. The van der Waals surface area contributed by atoms with Crippen LogP contribution in [0.3, 0.4) is 0 Å². The molecule has 8 nitrogen and oxygen atoms in total. The number of amides is 1. The largest absolute Gasteiger partial charge is 0.497 e. The molecule has 39 heavy (non-hydrogen) atoms. The van der Waals surface area contributed by atoms with E-state index >= 15 is 0 Å². The third-order valence-electron chi connectivity index (χ3n) is 7.23. The zero-order valence-corrected chi connectivity index (χ0v) is 22.3. The average molecular weight is 534 g/mol. The Labute approximate surface area is 228 Å². The van der Waals surface area contributed by atoms with Gasteiger partial charge in [0.15, 0.2) is 0 Å². The van der Waals surface area contributed by atoms with Crippen LogP contribution in [0.1, 0.15) is 42.4 Å². The minimum absolute atomic E-state index is 0.0945. The van der Waals surface area contributed by atoms with Gasteiger partial charge in [0.1, 0.15) is 17.1 Å². The van der Waals surface area contributed by atoms with Crippen molar-refractivity contribution in [3.8, 4) is 11.5 Å². The maximum atomic E-state index is 13.0. The minimum Gasteiger partial charge on any atom is -0.497 e. The summed E-state index contributed by atoms with van der Waals surface area (Å²) in [5, 5.41) is 19.6. The van der Waals surface area contributed by atoms with Crippen LogP contribution in [0.5, 0.6) is 11.5 Å². The van der Waals surface area contributed by atoms with Crippen molar-refractivity contribution in [2.75, 3.05) is 27.4 Å². The number of methoxy groups -OCH3 is 2. The van der Waals surface area contributed by atoms with Gasteiger partial charge in [-0.25, -0.2) is 0 Å². The standard InChI is InChI=1S/C31H35NO7/c1-37-27-12-8-23(9-13-27)31(22-6-4-3-5-7-22,24-10-14-28(38-2)15-11-24)39-21-25-20-26(33)18-19-32(25)29(34)16-17-30(35)36/h3-15,25-26,33H,16-21H2,1-2H3,(H,35,36). The second kappa shape index (κ2) is 12.8. The van der Waals surface area contributed by atoms with Crippen LogP contribution in [0.2, 0.25) is 0 Å². The molecule has 8 heteroatoms. The first-order valence-electron chi connectivity index (χ1n) is 13.0. The maximum absolute atomic E-state index is 13.0. The molecule has 0 aromatic heterocycles. The highest BCUT2D eigenvalue weighted by molar-refractivity contribution is 5.81. The number of nitrogens with zero attached hydrogens (tertiary/aromatic N) is 1. The van der Waals surface area contributed by atoms with Crippen molar-refractivity contribution in [1.29, 1.82) is 0 Å². The monoisotopic (exact) mass is 533 g/mol. The lowest BCUT2D eigenvalue weighted by Gasteiger charge is -2.42. The molecule has 1 heterocycles. The lowest BCUT2D eigenvalue weighted by Crippen LogP contribution is -2.51. The number of aliphatic hydroxyl groups excluding tert-OH is 1. The van der Waals surface area contributed by atoms with E-state index in [-0.39, 0.29) is 25.4 Å². The molecule has 206 valence electrons. The fourth-order valence-electron chi connectivity index (χ4n) is 5.17. The molecule has 3 aromatic rings. The van der Waals surface area contributed by atoms with Crippen molar-refractivity contribution in [1.82, 2.24) is 4.90 Å². The molecule has 0 spiro atoms.